The summed E-state index contributed by atoms with van der Waals surface area (Å²) in [5.74, 6) is 0.223. The first-order chi connectivity index (χ1) is 10.1. The summed E-state index contributed by atoms with van der Waals surface area (Å²) in [6, 6.07) is 0. The Balaban J connectivity index is 1.73. The zero-order valence-electron chi connectivity index (χ0n) is 13.2. The third-order valence-electron chi connectivity index (χ3n) is 5.54. The summed E-state index contributed by atoms with van der Waals surface area (Å²) in [5, 5.41) is 0. The van der Waals surface area contributed by atoms with Crippen molar-refractivity contribution in [2.45, 2.75) is 62.7 Å². The third kappa shape index (κ3) is 2.96. The monoisotopic (exact) mass is 295 g/mol. The average Bonchev–Trinajstić information content (AvgIpc) is 2.96. The lowest BCUT2D eigenvalue weighted by Gasteiger charge is -2.52. The molecule has 5 nitrogen and oxygen atoms in total. The topological polar surface area (TPSA) is 58.8 Å². The second-order valence-corrected chi connectivity index (χ2v) is 7.07. The standard InChI is InChI=1S/C16H29N3O2/c1-18-9-10-19(16(12-18)7-3-2-4-8-16)15(20)14-6-5-13(11-17)21-14/h13-14H,2-12,17H2,1H3/t13-,14+/m1/s1. The fourth-order valence-corrected chi connectivity index (χ4v) is 4.39. The Morgan fingerprint density at radius 1 is 1.24 bits per heavy atom. The number of carbonyl (C=O) groups excluding carboxylic acids is 1. The number of piperazine rings is 1. The second kappa shape index (κ2) is 6.23. The van der Waals surface area contributed by atoms with E-state index in [2.05, 4.69) is 16.8 Å². The molecule has 120 valence electrons. The minimum atomic E-state index is -0.249. The van der Waals surface area contributed by atoms with Gasteiger partial charge in [-0.15, -0.1) is 0 Å². The van der Waals surface area contributed by atoms with Gasteiger partial charge < -0.3 is 20.3 Å². The van der Waals surface area contributed by atoms with Crippen LogP contribution in [0.4, 0.5) is 0 Å². The molecule has 2 heterocycles. The molecule has 2 N–H and O–H groups in total. The molecule has 2 aliphatic heterocycles. The molecule has 2 saturated heterocycles. The minimum Gasteiger partial charge on any atom is -0.364 e. The average molecular weight is 295 g/mol. The van der Waals surface area contributed by atoms with Gasteiger partial charge in [0.05, 0.1) is 11.6 Å². The van der Waals surface area contributed by atoms with E-state index in [9.17, 15) is 4.79 Å². The van der Waals surface area contributed by atoms with E-state index in [-0.39, 0.29) is 23.7 Å². The van der Waals surface area contributed by atoms with Gasteiger partial charge in [0.15, 0.2) is 0 Å². The van der Waals surface area contributed by atoms with Crippen LogP contribution in [0.3, 0.4) is 0 Å². The van der Waals surface area contributed by atoms with Crippen molar-refractivity contribution in [3.8, 4) is 0 Å². The fourth-order valence-electron chi connectivity index (χ4n) is 4.39. The van der Waals surface area contributed by atoms with Crippen molar-refractivity contribution in [3.63, 3.8) is 0 Å². The highest BCUT2D eigenvalue weighted by atomic mass is 16.5. The highest BCUT2D eigenvalue weighted by Crippen LogP contribution is 2.37. The van der Waals surface area contributed by atoms with E-state index in [1.807, 2.05) is 0 Å². The number of likely N-dealkylation sites (N-methyl/N-ethyl adjacent to an activating group) is 1. The summed E-state index contributed by atoms with van der Waals surface area (Å²) >= 11 is 0. The van der Waals surface area contributed by atoms with Gasteiger partial charge in [-0.05, 0) is 32.7 Å². The van der Waals surface area contributed by atoms with Gasteiger partial charge in [-0.1, -0.05) is 19.3 Å². The Hall–Kier alpha value is -0.650. The highest BCUT2D eigenvalue weighted by Gasteiger charge is 2.46. The summed E-state index contributed by atoms with van der Waals surface area (Å²) in [5.41, 5.74) is 5.73. The molecule has 5 heteroatoms. The number of amides is 1. The number of nitrogens with two attached hydrogens (primary N) is 1. The van der Waals surface area contributed by atoms with Crippen LogP contribution in [0.2, 0.25) is 0 Å². The van der Waals surface area contributed by atoms with Crippen molar-refractivity contribution in [3.05, 3.63) is 0 Å². The Bertz CT molecular complexity index is 382. The first-order valence-corrected chi connectivity index (χ1v) is 8.50. The summed E-state index contributed by atoms with van der Waals surface area (Å²) in [6.45, 7) is 3.37. The predicted molar refractivity (Wildman–Crippen MR) is 82.0 cm³/mol. The van der Waals surface area contributed by atoms with Crippen LogP contribution in [-0.4, -0.2) is 66.7 Å². The van der Waals surface area contributed by atoms with Crippen LogP contribution >= 0.6 is 0 Å². The van der Waals surface area contributed by atoms with Crippen LogP contribution in [0.25, 0.3) is 0 Å². The largest absolute Gasteiger partial charge is 0.364 e. The van der Waals surface area contributed by atoms with Crippen LogP contribution in [0.15, 0.2) is 0 Å². The van der Waals surface area contributed by atoms with Crippen molar-refractivity contribution in [1.29, 1.82) is 0 Å². The Morgan fingerprint density at radius 3 is 2.67 bits per heavy atom. The lowest BCUT2D eigenvalue weighted by atomic mass is 9.78. The molecule has 0 aromatic rings. The molecule has 3 rings (SSSR count). The fraction of sp³-hybridized carbons (Fsp3) is 0.938. The van der Waals surface area contributed by atoms with E-state index < -0.39 is 0 Å². The van der Waals surface area contributed by atoms with Crippen LogP contribution in [0.5, 0.6) is 0 Å². The Morgan fingerprint density at radius 2 is 2.00 bits per heavy atom. The third-order valence-corrected chi connectivity index (χ3v) is 5.54. The quantitative estimate of drug-likeness (QED) is 0.825. The normalized spacial score (nSPS) is 33.5. The van der Waals surface area contributed by atoms with Gasteiger partial charge in [-0.3, -0.25) is 4.79 Å². The van der Waals surface area contributed by atoms with Crippen molar-refractivity contribution >= 4 is 5.91 Å². The number of hydrogen-bond acceptors (Lipinski definition) is 4. The van der Waals surface area contributed by atoms with Gasteiger partial charge in [-0.25, -0.2) is 0 Å². The maximum Gasteiger partial charge on any atom is 0.252 e. The molecular formula is C16H29N3O2. The lowest BCUT2D eigenvalue weighted by Crippen LogP contribution is -2.65. The van der Waals surface area contributed by atoms with Gasteiger partial charge in [0.1, 0.15) is 6.10 Å². The van der Waals surface area contributed by atoms with Crippen molar-refractivity contribution in [2.24, 2.45) is 5.73 Å². The minimum absolute atomic E-state index is 0.0620. The molecule has 1 saturated carbocycles. The van der Waals surface area contributed by atoms with Gasteiger partial charge in [0.25, 0.3) is 5.91 Å². The molecule has 1 spiro atoms. The van der Waals surface area contributed by atoms with Crippen molar-refractivity contribution in [1.82, 2.24) is 9.80 Å². The Kier molecular flexibility index (Phi) is 4.52. The molecule has 0 aromatic heterocycles. The van der Waals surface area contributed by atoms with E-state index in [0.29, 0.717) is 6.54 Å². The van der Waals surface area contributed by atoms with E-state index in [4.69, 9.17) is 10.5 Å². The summed E-state index contributed by atoms with van der Waals surface area (Å²) in [7, 11) is 2.18. The lowest BCUT2D eigenvalue weighted by molar-refractivity contribution is -0.155. The maximum absolute atomic E-state index is 13.0. The first-order valence-electron chi connectivity index (χ1n) is 8.50. The molecule has 2 atom stereocenters. The zero-order valence-corrected chi connectivity index (χ0v) is 13.2. The van der Waals surface area contributed by atoms with Gasteiger partial charge in [-0.2, -0.15) is 0 Å². The van der Waals surface area contributed by atoms with Gasteiger partial charge in [0, 0.05) is 26.2 Å². The van der Waals surface area contributed by atoms with Gasteiger partial charge >= 0.3 is 0 Å². The van der Waals surface area contributed by atoms with E-state index in [1.54, 1.807) is 0 Å². The van der Waals surface area contributed by atoms with Crippen LogP contribution in [0.1, 0.15) is 44.9 Å². The smallest absolute Gasteiger partial charge is 0.252 e. The number of nitrogens with zero attached hydrogens (tertiary/aromatic N) is 2. The number of hydrogen-bond donors (Lipinski definition) is 1. The zero-order chi connectivity index (χ0) is 14.9. The molecule has 1 amide bonds. The van der Waals surface area contributed by atoms with Crippen LogP contribution in [-0.2, 0) is 9.53 Å². The molecule has 21 heavy (non-hydrogen) atoms. The van der Waals surface area contributed by atoms with Crippen LogP contribution < -0.4 is 5.73 Å². The molecule has 1 aliphatic carbocycles. The summed E-state index contributed by atoms with van der Waals surface area (Å²) in [6.07, 6.45) is 7.68. The predicted octanol–water partition coefficient (Wildman–Crippen LogP) is 0.970. The number of carbonyl (C=O) groups is 1. The summed E-state index contributed by atoms with van der Waals surface area (Å²) in [4.78, 5) is 17.5. The SMILES string of the molecule is CN1CCN(C(=O)[C@@H]2CC[C@H](CN)O2)C2(CCCCC2)C1. The van der Waals surface area contributed by atoms with E-state index >= 15 is 0 Å². The molecular weight excluding hydrogens is 266 g/mol. The molecule has 0 aromatic carbocycles. The van der Waals surface area contributed by atoms with Crippen molar-refractivity contribution in [2.75, 3.05) is 33.2 Å². The molecule has 3 fully saturated rings. The second-order valence-electron chi connectivity index (χ2n) is 7.07. The number of ether oxygens (including phenoxy) is 1. The molecule has 0 unspecified atom stereocenters. The van der Waals surface area contributed by atoms with E-state index in [1.165, 1.54) is 19.3 Å². The van der Waals surface area contributed by atoms with Crippen molar-refractivity contribution < 1.29 is 9.53 Å². The molecule has 0 bridgehead atoms. The first kappa shape index (κ1) is 15.3. The molecule has 3 aliphatic rings. The van der Waals surface area contributed by atoms with E-state index in [0.717, 1.165) is 45.3 Å². The Labute approximate surface area is 127 Å². The summed E-state index contributed by atoms with van der Waals surface area (Å²) < 4.78 is 5.86. The highest BCUT2D eigenvalue weighted by molar-refractivity contribution is 5.82. The molecule has 0 radical (unpaired) electrons. The van der Waals surface area contributed by atoms with Gasteiger partial charge in [0.2, 0.25) is 0 Å². The van der Waals surface area contributed by atoms with Crippen LogP contribution in [0, 0.1) is 0 Å². The number of rotatable bonds is 2. The maximum atomic E-state index is 13.0.